The summed E-state index contributed by atoms with van der Waals surface area (Å²) in [6.07, 6.45) is 2.08. The van der Waals surface area contributed by atoms with Crippen LogP contribution in [-0.4, -0.2) is 19.2 Å². The van der Waals surface area contributed by atoms with Gasteiger partial charge in [-0.25, -0.2) is 0 Å². The molecule has 0 fully saturated rings. The molecule has 2 nitrogen and oxygen atoms in total. The minimum Gasteiger partial charge on any atom is -0.496 e. The Kier molecular flexibility index (Phi) is 5.01. The fourth-order valence-corrected chi connectivity index (χ4v) is 1.82. The van der Waals surface area contributed by atoms with Gasteiger partial charge in [-0.05, 0) is 57.4 Å². The van der Waals surface area contributed by atoms with Gasteiger partial charge < -0.3 is 10.1 Å². The normalized spacial score (nSPS) is 11.6. The van der Waals surface area contributed by atoms with Gasteiger partial charge in [-0.3, -0.25) is 0 Å². The summed E-state index contributed by atoms with van der Waals surface area (Å²) in [5.74, 6) is 0.998. The minimum atomic E-state index is 0.176. The standard InChI is InChI=1S/C15H25NO/c1-6-12-7-8-14(17-5)13(11-12)9-10-16-15(2,3)4/h7-8,11,16H,6,9-10H2,1-5H3. The first kappa shape index (κ1) is 14.0. The zero-order valence-corrected chi connectivity index (χ0v) is 11.8. The van der Waals surface area contributed by atoms with E-state index in [1.54, 1.807) is 7.11 Å². The largest absolute Gasteiger partial charge is 0.496 e. The summed E-state index contributed by atoms with van der Waals surface area (Å²) in [6, 6.07) is 6.47. The Balaban J connectivity index is 2.68. The molecule has 0 spiro atoms. The molecule has 0 aliphatic rings. The van der Waals surface area contributed by atoms with Gasteiger partial charge in [0.15, 0.2) is 0 Å². The molecule has 0 heterocycles. The lowest BCUT2D eigenvalue weighted by molar-refractivity contribution is 0.402. The Morgan fingerprint density at radius 1 is 1.24 bits per heavy atom. The van der Waals surface area contributed by atoms with Crippen molar-refractivity contribution in [2.24, 2.45) is 0 Å². The number of hydrogen-bond acceptors (Lipinski definition) is 2. The number of methoxy groups -OCH3 is 1. The molecule has 0 atom stereocenters. The summed E-state index contributed by atoms with van der Waals surface area (Å²) in [5, 5.41) is 3.50. The maximum absolute atomic E-state index is 5.40. The minimum absolute atomic E-state index is 0.176. The third kappa shape index (κ3) is 4.78. The predicted octanol–water partition coefficient (Wildman–Crippen LogP) is 3.19. The van der Waals surface area contributed by atoms with Crippen LogP contribution in [0.15, 0.2) is 18.2 Å². The second-order valence-electron chi connectivity index (χ2n) is 5.43. The summed E-state index contributed by atoms with van der Waals surface area (Å²) >= 11 is 0. The smallest absolute Gasteiger partial charge is 0.122 e. The zero-order valence-electron chi connectivity index (χ0n) is 11.8. The van der Waals surface area contributed by atoms with Crippen molar-refractivity contribution in [3.8, 4) is 5.75 Å². The van der Waals surface area contributed by atoms with Gasteiger partial charge in [0.1, 0.15) is 5.75 Å². The first-order valence-electron chi connectivity index (χ1n) is 6.37. The number of aryl methyl sites for hydroxylation is 1. The van der Waals surface area contributed by atoms with Crippen LogP contribution in [0.25, 0.3) is 0 Å². The van der Waals surface area contributed by atoms with Gasteiger partial charge in [0.2, 0.25) is 0 Å². The average molecular weight is 235 g/mol. The lowest BCUT2D eigenvalue weighted by Gasteiger charge is -2.21. The molecule has 0 unspecified atom stereocenters. The van der Waals surface area contributed by atoms with Gasteiger partial charge >= 0.3 is 0 Å². The fraction of sp³-hybridized carbons (Fsp3) is 0.600. The van der Waals surface area contributed by atoms with Crippen molar-refractivity contribution in [3.63, 3.8) is 0 Å². The molecule has 1 aromatic carbocycles. The second kappa shape index (κ2) is 6.06. The molecule has 17 heavy (non-hydrogen) atoms. The molecule has 0 saturated heterocycles. The SMILES string of the molecule is CCc1ccc(OC)c(CCNC(C)(C)C)c1. The summed E-state index contributed by atoms with van der Waals surface area (Å²) in [4.78, 5) is 0. The van der Waals surface area contributed by atoms with E-state index in [1.165, 1.54) is 11.1 Å². The molecule has 2 heteroatoms. The fourth-order valence-electron chi connectivity index (χ4n) is 1.82. The molecule has 0 aromatic heterocycles. The molecule has 0 aliphatic heterocycles. The Bertz CT molecular complexity index is 352. The number of nitrogens with one attached hydrogen (secondary N) is 1. The lowest BCUT2D eigenvalue weighted by atomic mass is 10.0. The van der Waals surface area contributed by atoms with Crippen LogP contribution >= 0.6 is 0 Å². The molecule has 0 saturated carbocycles. The van der Waals surface area contributed by atoms with Crippen LogP contribution in [0.3, 0.4) is 0 Å². The molecule has 0 aliphatic carbocycles. The van der Waals surface area contributed by atoms with E-state index in [2.05, 4.69) is 51.2 Å². The van der Waals surface area contributed by atoms with Gasteiger partial charge in [0.25, 0.3) is 0 Å². The van der Waals surface area contributed by atoms with Crippen molar-refractivity contribution < 1.29 is 4.74 Å². The van der Waals surface area contributed by atoms with E-state index in [0.29, 0.717) is 0 Å². The van der Waals surface area contributed by atoms with Crippen LogP contribution in [0.5, 0.6) is 5.75 Å². The Labute approximate surface area is 105 Å². The van der Waals surface area contributed by atoms with Gasteiger partial charge in [0, 0.05) is 5.54 Å². The molecule has 1 N–H and O–H groups in total. The van der Waals surface area contributed by atoms with E-state index in [-0.39, 0.29) is 5.54 Å². The maximum atomic E-state index is 5.40. The molecule has 0 radical (unpaired) electrons. The molecule has 96 valence electrons. The summed E-state index contributed by atoms with van der Waals surface area (Å²) < 4.78 is 5.40. The van der Waals surface area contributed by atoms with Crippen LogP contribution in [-0.2, 0) is 12.8 Å². The number of hydrogen-bond donors (Lipinski definition) is 1. The summed E-state index contributed by atoms with van der Waals surface area (Å²) in [7, 11) is 1.74. The molecule has 1 rings (SSSR count). The highest BCUT2D eigenvalue weighted by atomic mass is 16.5. The third-order valence-electron chi connectivity index (χ3n) is 2.80. The van der Waals surface area contributed by atoms with Crippen LogP contribution in [0, 0.1) is 0 Å². The summed E-state index contributed by atoms with van der Waals surface area (Å²) in [5.41, 5.74) is 2.84. The van der Waals surface area contributed by atoms with Crippen LogP contribution in [0.4, 0.5) is 0 Å². The van der Waals surface area contributed by atoms with Gasteiger partial charge in [0.05, 0.1) is 7.11 Å². The second-order valence-corrected chi connectivity index (χ2v) is 5.43. The van der Waals surface area contributed by atoms with E-state index < -0.39 is 0 Å². The first-order valence-corrected chi connectivity index (χ1v) is 6.37. The molecule has 1 aromatic rings. The quantitative estimate of drug-likeness (QED) is 0.846. The maximum Gasteiger partial charge on any atom is 0.122 e. The van der Waals surface area contributed by atoms with Gasteiger partial charge in [-0.1, -0.05) is 19.1 Å². The van der Waals surface area contributed by atoms with Gasteiger partial charge in [-0.15, -0.1) is 0 Å². The number of benzene rings is 1. The Morgan fingerprint density at radius 2 is 1.94 bits per heavy atom. The Hall–Kier alpha value is -1.02. The van der Waals surface area contributed by atoms with Crippen molar-refractivity contribution >= 4 is 0 Å². The van der Waals surface area contributed by atoms with E-state index in [0.717, 1.165) is 25.1 Å². The van der Waals surface area contributed by atoms with Crippen LogP contribution < -0.4 is 10.1 Å². The van der Waals surface area contributed by atoms with Crippen molar-refractivity contribution in [2.75, 3.05) is 13.7 Å². The van der Waals surface area contributed by atoms with Gasteiger partial charge in [-0.2, -0.15) is 0 Å². The monoisotopic (exact) mass is 235 g/mol. The van der Waals surface area contributed by atoms with Crippen molar-refractivity contribution in [3.05, 3.63) is 29.3 Å². The predicted molar refractivity (Wildman–Crippen MR) is 73.8 cm³/mol. The van der Waals surface area contributed by atoms with Crippen molar-refractivity contribution in [1.82, 2.24) is 5.32 Å². The number of rotatable bonds is 5. The Morgan fingerprint density at radius 3 is 2.47 bits per heavy atom. The molecular weight excluding hydrogens is 210 g/mol. The average Bonchev–Trinajstić information content (AvgIpc) is 2.27. The number of ether oxygens (including phenoxy) is 1. The first-order chi connectivity index (χ1) is 7.96. The van der Waals surface area contributed by atoms with E-state index in [9.17, 15) is 0 Å². The highest BCUT2D eigenvalue weighted by Gasteiger charge is 2.09. The van der Waals surface area contributed by atoms with Crippen LogP contribution in [0.1, 0.15) is 38.8 Å². The zero-order chi connectivity index (χ0) is 12.9. The lowest BCUT2D eigenvalue weighted by Crippen LogP contribution is -2.37. The molecule has 0 bridgehead atoms. The van der Waals surface area contributed by atoms with Crippen LogP contribution in [0.2, 0.25) is 0 Å². The van der Waals surface area contributed by atoms with Crippen molar-refractivity contribution in [2.45, 2.75) is 46.1 Å². The topological polar surface area (TPSA) is 21.3 Å². The van der Waals surface area contributed by atoms with E-state index in [4.69, 9.17) is 4.74 Å². The van der Waals surface area contributed by atoms with E-state index in [1.807, 2.05) is 0 Å². The third-order valence-corrected chi connectivity index (χ3v) is 2.80. The van der Waals surface area contributed by atoms with E-state index >= 15 is 0 Å². The molecular formula is C15H25NO. The highest BCUT2D eigenvalue weighted by Crippen LogP contribution is 2.20. The highest BCUT2D eigenvalue weighted by molar-refractivity contribution is 5.37. The molecule has 0 amide bonds. The van der Waals surface area contributed by atoms with Crippen molar-refractivity contribution in [1.29, 1.82) is 0 Å². The summed E-state index contributed by atoms with van der Waals surface area (Å²) in [6.45, 7) is 9.72.